The summed E-state index contributed by atoms with van der Waals surface area (Å²) in [6.45, 7) is 8.33. The molecule has 5 heteroatoms. The minimum absolute atomic E-state index is 0.0359. The third-order valence-corrected chi connectivity index (χ3v) is 4.91. The highest BCUT2D eigenvalue weighted by molar-refractivity contribution is 5.95. The molecule has 2 heterocycles. The Morgan fingerprint density at radius 2 is 1.83 bits per heavy atom. The fraction of sp³-hybridized carbons (Fsp3) is 0.667. The molecule has 23 heavy (non-hydrogen) atoms. The number of carbonyl (C=O) groups excluding carboxylic acids is 1. The summed E-state index contributed by atoms with van der Waals surface area (Å²) in [7, 11) is 0. The number of aromatic nitrogens is 1. The first-order chi connectivity index (χ1) is 11.1. The molecule has 1 aromatic rings. The normalized spacial score (nSPS) is 21.3. The van der Waals surface area contributed by atoms with Crippen LogP contribution in [0.2, 0.25) is 0 Å². The Balaban J connectivity index is 1.72. The van der Waals surface area contributed by atoms with Crippen LogP contribution in [0.4, 0.5) is 0 Å². The number of carbonyl (C=O) groups is 1. The third-order valence-electron chi connectivity index (χ3n) is 4.91. The summed E-state index contributed by atoms with van der Waals surface area (Å²) in [6.07, 6.45) is 4.52. The molecule has 0 unspecified atom stereocenters. The molecule has 1 aromatic heterocycles. The summed E-state index contributed by atoms with van der Waals surface area (Å²) in [5, 5.41) is 3.36. The van der Waals surface area contributed by atoms with Crippen molar-refractivity contribution < 1.29 is 9.53 Å². The number of rotatable bonds is 4. The maximum absolute atomic E-state index is 12.8. The van der Waals surface area contributed by atoms with E-state index in [1.165, 1.54) is 12.8 Å². The highest BCUT2D eigenvalue weighted by Gasteiger charge is 2.37. The van der Waals surface area contributed by atoms with E-state index in [0.717, 1.165) is 62.6 Å². The fourth-order valence-corrected chi connectivity index (χ4v) is 3.84. The quantitative estimate of drug-likeness (QED) is 0.924. The number of pyridine rings is 1. The van der Waals surface area contributed by atoms with Crippen LogP contribution in [0.15, 0.2) is 12.1 Å². The first-order valence-corrected chi connectivity index (χ1v) is 8.64. The number of nitrogens with one attached hydrogen (secondary N) is 1. The second-order valence-corrected chi connectivity index (χ2v) is 6.97. The highest BCUT2D eigenvalue weighted by atomic mass is 16.5. The Bertz CT molecular complexity index is 541. The maximum Gasteiger partial charge on any atom is 0.251 e. The van der Waals surface area contributed by atoms with Crippen molar-refractivity contribution in [3.8, 4) is 0 Å². The molecule has 0 atom stereocenters. The van der Waals surface area contributed by atoms with Gasteiger partial charge in [0.05, 0.1) is 18.8 Å². The molecule has 0 bridgehead atoms. The van der Waals surface area contributed by atoms with Crippen LogP contribution in [0.5, 0.6) is 0 Å². The number of ether oxygens (including phenoxy) is 1. The van der Waals surface area contributed by atoms with Gasteiger partial charge >= 0.3 is 0 Å². The Labute approximate surface area is 138 Å². The van der Waals surface area contributed by atoms with Gasteiger partial charge in [-0.25, -0.2) is 0 Å². The predicted octanol–water partition coefficient (Wildman–Crippen LogP) is 2.07. The van der Waals surface area contributed by atoms with Crippen LogP contribution in [0.25, 0.3) is 0 Å². The molecular formula is C18H27N3O2. The molecule has 0 spiro atoms. The van der Waals surface area contributed by atoms with E-state index in [4.69, 9.17) is 4.74 Å². The third kappa shape index (κ3) is 4.09. The van der Waals surface area contributed by atoms with Gasteiger partial charge in [0, 0.05) is 36.6 Å². The Hall–Kier alpha value is -1.46. The lowest BCUT2D eigenvalue weighted by atomic mass is 9.95. The van der Waals surface area contributed by atoms with E-state index in [-0.39, 0.29) is 11.4 Å². The second-order valence-electron chi connectivity index (χ2n) is 6.97. The number of morpholine rings is 1. The molecule has 1 saturated carbocycles. The summed E-state index contributed by atoms with van der Waals surface area (Å²) >= 11 is 0. The summed E-state index contributed by atoms with van der Waals surface area (Å²) in [6, 6.07) is 3.75. The van der Waals surface area contributed by atoms with Crippen molar-refractivity contribution >= 4 is 5.91 Å². The van der Waals surface area contributed by atoms with Crippen LogP contribution in [0.3, 0.4) is 0 Å². The number of nitrogens with zero attached hydrogens (tertiary/aromatic N) is 2. The van der Waals surface area contributed by atoms with Gasteiger partial charge in [0.15, 0.2) is 0 Å². The SMILES string of the molecule is Cc1cc(C(=O)NC2(CN3CCOCC3)CCCC2)cc(C)n1. The first-order valence-electron chi connectivity index (χ1n) is 8.64. The zero-order chi connectivity index (χ0) is 16.3. The molecule has 2 aliphatic rings. The lowest BCUT2D eigenvalue weighted by Gasteiger charge is -2.37. The van der Waals surface area contributed by atoms with E-state index in [9.17, 15) is 4.79 Å². The largest absolute Gasteiger partial charge is 0.379 e. The van der Waals surface area contributed by atoms with Crippen molar-refractivity contribution in [1.29, 1.82) is 0 Å². The molecule has 1 saturated heterocycles. The Morgan fingerprint density at radius 1 is 1.22 bits per heavy atom. The standard InChI is InChI=1S/C18H27N3O2/c1-14-11-16(12-15(2)19-14)17(22)20-18(5-3-4-6-18)13-21-7-9-23-10-8-21/h11-12H,3-10,13H2,1-2H3,(H,20,22). The minimum atomic E-state index is -0.0838. The van der Waals surface area contributed by atoms with Crippen molar-refractivity contribution in [2.45, 2.75) is 45.1 Å². The maximum atomic E-state index is 12.8. The lowest BCUT2D eigenvalue weighted by molar-refractivity contribution is 0.0238. The molecular weight excluding hydrogens is 290 g/mol. The average molecular weight is 317 g/mol. The van der Waals surface area contributed by atoms with E-state index in [0.29, 0.717) is 0 Å². The van der Waals surface area contributed by atoms with Crippen LogP contribution >= 0.6 is 0 Å². The van der Waals surface area contributed by atoms with Gasteiger partial charge in [-0.05, 0) is 38.8 Å². The van der Waals surface area contributed by atoms with Gasteiger partial charge in [0.2, 0.25) is 0 Å². The van der Waals surface area contributed by atoms with E-state index in [1.807, 2.05) is 26.0 Å². The fourth-order valence-electron chi connectivity index (χ4n) is 3.84. The topological polar surface area (TPSA) is 54.5 Å². The van der Waals surface area contributed by atoms with Gasteiger partial charge in [0.1, 0.15) is 0 Å². The van der Waals surface area contributed by atoms with E-state index >= 15 is 0 Å². The summed E-state index contributed by atoms with van der Waals surface area (Å²) < 4.78 is 5.44. The van der Waals surface area contributed by atoms with Crippen LogP contribution in [0.1, 0.15) is 47.4 Å². The Morgan fingerprint density at radius 3 is 2.43 bits per heavy atom. The minimum Gasteiger partial charge on any atom is -0.379 e. The molecule has 3 rings (SSSR count). The van der Waals surface area contributed by atoms with E-state index in [1.54, 1.807) is 0 Å². The van der Waals surface area contributed by atoms with Crippen molar-refractivity contribution in [1.82, 2.24) is 15.2 Å². The van der Waals surface area contributed by atoms with Crippen molar-refractivity contribution in [2.75, 3.05) is 32.8 Å². The summed E-state index contributed by atoms with van der Waals surface area (Å²) in [4.78, 5) is 19.6. The lowest BCUT2D eigenvalue weighted by Crippen LogP contribution is -2.55. The van der Waals surface area contributed by atoms with Gasteiger partial charge in [-0.1, -0.05) is 12.8 Å². The van der Waals surface area contributed by atoms with Crippen LogP contribution in [0, 0.1) is 13.8 Å². The number of hydrogen-bond donors (Lipinski definition) is 1. The zero-order valence-electron chi connectivity index (χ0n) is 14.2. The van der Waals surface area contributed by atoms with Gasteiger partial charge in [-0.2, -0.15) is 0 Å². The van der Waals surface area contributed by atoms with E-state index < -0.39 is 0 Å². The molecule has 1 N–H and O–H groups in total. The molecule has 126 valence electrons. The molecule has 1 aliphatic heterocycles. The molecule has 5 nitrogen and oxygen atoms in total. The van der Waals surface area contributed by atoms with Crippen LogP contribution in [-0.4, -0.2) is 54.2 Å². The number of amides is 1. The van der Waals surface area contributed by atoms with Gasteiger partial charge in [-0.15, -0.1) is 0 Å². The van der Waals surface area contributed by atoms with Crippen molar-refractivity contribution in [3.63, 3.8) is 0 Å². The molecule has 0 radical (unpaired) electrons. The molecule has 0 aromatic carbocycles. The van der Waals surface area contributed by atoms with Gasteiger partial charge in [-0.3, -0.25) is 14.7 Å². The number of aryl methyl sites for hydroxylation is 2. The second kappa shape index (κ2) is 6.97. The van der Waals surface area contributed by atoms with Crippen LogP contribution in [-0.2, 0) is 4.74 Å². The summed E-state index contributed by atoms with van der Waals surface area (Å²) in [5.41, 5.74) is 2.43. The van der Waals surface area contributed by atoms with Gasteiger partial charge < -0.3 is 10.1 Å². The monoisotopic (exact) mass is 317 g/mol. The highest BCUT2D eigenvalue weighted by Crippen LogP contribution is 2.31. The van der Waals surface area contributed by atoms with Crippen molar-refractivity contribution in [3.05, 3.63) is 29.1 Å². The first kappa shape index (κ1) is 16.4. The van der Waals surface area contributed by atoms with Crippen molar-refractivity contribution in [2.24, 2.45) is 0 Å². The number of hydrogen-bond acceptors (Lipinski definition) is 4. The predicted molar refractivity (Wildman–Crippen MR) is 89.6 cm³/mol. The van der Waals surface area contributed by atoms with Gasteiger partial charge in [0.25, 0.3) is 5.91 Å². The van der Waals surface area contributed by atoms with E-state index in [2.05, 4.69) is 15.2 Å². The molecule has 2 fully saturated rings. The molecule has 1 aliphatic carbocycles. The summed E-state index contributed by atoms with van der Waals surface area (Å²) in [5.74, 6) is 0.0359. The Kier molecular flexibility index (Phi) is 4.97. The average Bonchev–Trinajstić information content (AvgIpc) is 2.95. The molecule has 1 amide bonds. The van der Waals surface area contributed by atoms with Crippen LogP contribution < -0.4 is 5.32 Å². The smallest absolute Gasteiger partial charge is 0.251 e. The zero-order valence-corrected chi connectivity index (χ0v) is 14.2.